The number of hydrogen-bond donors (Lipinski definition) is 3. The third-order valence-electron chi connectivity index (χ3n) is 5.32. The number of alkyl halides is 6. The van der Waals surface area contributed by atoms with E-state index in [1.54, 1.807) is 6.92 Å². The molecule has 1 heterocycles. The monoisotopic (exact) mass is 547 g/mol. The molecule has 0 aliphatic rings. The van der Waals surface area contributed by atoms with Crippen molar-refractivity contribution in [1.82, 2.24) is 20.6 Å². The van der Waals surface area contributed by atoms with Crippen molar-refractivity contribution in [2.75, 3.05) is 7.05 Å². The largest absolute Gasteiger partial charge is 0.416 e. The van der Waals surface area contributed by atoms with Gasteiger partial charge in [-0.05, 0) is 42.8 Å². The lowest BCUT2D eigenvalue weighted by Gasteiger charge is -2.23. The molecule has 1 unspecified atom stereocenters. The zero-order valence-electron chi connectivity index (χ0n) is 19.3. The van der Waals surface area contributed by atoms with Crippen molar-refractivity contribution in [3.63, 3.8) is 0 Å². The molecule has 0 fully saturated rings. The Bertz CT molecular complexity index is 1350. The topological polar surface area (TPSA) is 87.5 Å². The molecule has 1 atom stereocenters. The number of carbonyl (C=O) groups is 2. The Labute approximate surface area is 211 Å². The van der Waals surface area contributed by atoms with Crippen molar-refractivity contribution in [3.05, 3.63) is 69.9 Å². The van der Waals surface area contributed by atoms with Gasteiger partial charge < -0.3 is 15.2 Å². The van der Waals surface area contributed by atoms with Crippen molar-refractivity contribution in [2.24, 2.45) is 5.10 Å². The van der Waals surface area contributed by atoms with E-state index in [0.717, 1.165) is 12.1 Å². The molecule has 0 saturated heterocycles. The minimum absolute atomic E-state index is 0.160. The molecule has 3 aromatic rings. The van der Waals surface area contributed by atoms with E-state index in [0.29, 0.717) is 28.6 Å². The molecule has 2 aromatic carbocycles. The number of nitrogens with zero attached hydrogens (tertiary/aromatic N) is 2. The van der Waals surface area contributed by atoms with Crippen LogP contribution in [0, 0.1) is 0 Å². The average molecular weight is 548 g/mol. The van der Waals surface area contributed by atoms with Crippen LogP contribution in [0.3, 0.4) is 0 Å². The lowest BCUT2D eigenvalue weighted by Crippen LogP contribution is -2.39. The molecule has 198 valence electrons. The van der Waals surface area contributed by atoms with Crippen molar-refractivity contribution in [2.45, 2.75) is 31.9 Å². The standard InChI is InChI=1S/C23H20ClF6N5O2/c1-3-35-17-10-16(24)14(11-32-34-21(37)31-2)7-13(17)9-18(35)20(36)33-19(23(28,29)30)12-5-4-6-15(8-12)22(25,26)27/h4-11,19H,3H2,1-2H3,(H,33,36)(H2,31,34,37). The summed E-state index contributed by atoms with van der Waals surface area (Å²) in [6.07, 6.45) is -8.69. The van der Waals surface area contributed by atoms with Gasteiger partial charge in [-0.3, -0.25) is 4.79 Å². The lowest BCUT2D eigenvalue weighted by molar-refractivity contribution is -0.156. The van der Waals surface area contributed by atoms with Gasteiger partial charge in [-0.2, -0.15) is 31.4 Å². The zero-order chi connectivity index (χ0) is 27.5. The van der Waals surface area contributed by atoms with Gasteiger partial charge in [0.2, 0.25) is 0 Å². The Morgan fingerprint density at radius 2 is 1.81 bits per heavy atom. The third-order valence-corrected chi connectivity index (χ3v) is 5.64. The highest BCUT2D eigenvalue weighted by Gasteiger charge is 2.43. The number of urea groups is 1. The maximum atomic E-state index is 13.8. The second-order valence-electron chi connectivity index (χ2n) is 7.73. The molecule has 0 saturated carbocycles. The van der Waals surface area contributed by atoms with Crippen LogP contribution in [-0.2, 0) is 12.7 Å². The first-order chi connectivity index (χ1) is 17.3. The number of hydrogen-bond acceptors (Lipinski definition) is 3. The predicted molar refractivity (Wildman–Crippen MR) is 126 cm³/mol. The first-order valence-electron chi connectivity index (χ1n) is 10.6. The lowest BCUT2D eigenvalue weighted by atomic mass is 10.0. The number of halogens is 7. The fourth-order valence-corrected chi connectivity index (χ4v) is 3.81. The molecule has 7 nitrogen and oxygen atoms in total. The maximum Gasteiger partial charge on any atom is 0.416 e. The van der Waals surface area contributed by atoms with E-state index >= 15 is 0 Å². The van der Waals surface area contributed by atoms with Gasteiger partial charge in [0.25, 0.3) is 5.91 Å². The smallest absolute Gasteiger partial charge is 0.340 e. The van der Waals surface area contributed by atoms with Crippen LogP contribution < -0.4 is 16.1 Å². The van der Waals surface area contributed by atoms with Crippen LogP contribution in [0.15, 0.2) is 47.6 Å². The highest BCUT2D eigenvalue weighted by Crippen LogP contribution is 2.37. The molecule has 0 aliphatic carbocycles. The SMILES string of the molecule is CCn1c(C(=O)NC(c2cccc(C(F)(F)F)c2)C(F)(F)F)cc2cc(C=NNC(=O)NC)c(Cl)cc21. The number of hydrazone groups is 1. The van der Waals surface area contributed by atoms with Crippen LogP contribution in [0.4, 0.5) is 31.1 Å². The van der Waals surface area contributed by atoms with Gasteiger partial charge in [0, 0.05) is 24.5 Å². The highest BCUT2D eigenvalue weighted by atomic mass is 35.5. The van der Waals surface area contributed by atoms with E-state index in [1.807, 2.05) is 5.32 Å². The molecule has 14 heteroatoms. The number of amides is 3. The Balaban J connectivity index is 1.99. The molecule has 3 rings (SSSR count). The van der Waals surface area contributed by atoms with E-state index in [-0.39, 0.29) is 17.3 Å². The quantitative estimate of drug-likeness (QED) is 0.212. The van der Waals surface area contributed by atoms with Gasteiger partial charge in [0.05, 0.1) is 22.3 Å². The molecular weight excluding hydrogens is 528 g/mol. The van der Waals surface area contributed by atoms with E-state index in [4.69, 9.17) is 11.6 Å². The molecule has 37 heavy (non-hydrogen) atoms. The first-order valence-corrected chi connectivity index (χ1v) is 11.0. The number of nitrogens with one attached hydrogen (secondary N) is 3. The summed E-state index contributed by atoms with van der Waals surface area (Å²) in [5.74, 6) is -1.15. The molecule has 1 aromatic heterocycles. The molecule has 0 aliphatic heterocycles. The van der Waals surface area contributed by atoms with E-state index in [9.17, 15) is 35.9 Å². The molecule has 0 radical (unpaired) electrons. The molecule has 0 bridgehead atoms. The third kappa shape index (κ3) is 6.34. The van der Waals surface area contributed by atoms with Crippen LogP contribution >= 0.6 is 11.6 Å². The first kappa shape index (κ1) is 27.8. The van der Waals surface area contributed by atoms with Gasteiger partial charge in [0.15, 0.2) is 6.04 Å². The van der Waals surface area contributed by atoms with Gasteiger partial charge in [-0.25, -0.2) is 10.2 Å². The van der Waals surface area contributed by atoms with Crippen LogP contribution in [0.1, 0.15) is 40.1 Å². The zero-order valence-corrected chi connectivity index (χ0v) is 20.0. The maximum absolute atomic E-state index is 13.8. The number of aryl methyl sites for hydroxylation is 1. The number of fused-ring (bicyclic) bond motifs is 1. The van der Waals surface area contributed by atoms with Crippen LogP contribution in [0.5, 0.6) is 0 Å². The Morgan fingerprint density at radius 1 is 1.11 bits per heavy atom. The summed E-state index contributed by atoms with van der Waals surface area (Å²) >= 11 is 6.27. The predicted octanol–water partition coefficient (Wildman–Crippen LogP) is 5.63. The summed E-state index contributed by atoms with van der Waals surface area (Å²) in [6, 6.07) is 3.76. The van der Waals surface area contributed by atoms with Gasteiger partial charge in [0.1, 0.15) is 5.69 Å². The summed E-state index contributed by atoms with van der Waals surface area (Å²) in [7, 11) is 1.39. The minimum Gasteiger partial charge on any atom is -0.340 e. The van der Waals surface area contributed by atoms with Gasteiger partial charge >= 0.3 is 18.4 Å². The average Bonchev–Trinajstić information content (AvgIpc) is 3.18. The number of benzene rings is 2. The van der Waals surface area contributed by atoms with Crippen molar-refractivity contribution in [3.8, 4) is 0 Å². The highest BCUT2D eigenvalue weighted by molar-refractivity contribution is 6.34. The molecule has 0 spiro atoms. The van der Waals surface area contributed by atoms with Crippen LogP contribution in [-0.4, -0.2) is 35.9 Å². The van der Waals surface area contributed by atoms with E-state index in [2.05, 4.69) is 15.8 Å². The fourth-order valence-electron chi connectivity index (χ4n) is 3.60. The van der Waals surface area contributed by atoms with Crippen LogP contribution in [0.25, 0.3) is 10.9 Å². The van der Waals surface area contributed by atoms with Gasteiger partial charge in [-0.1, -0.05) is 23.7 Å². The summed E-state index contributed by atoms with van der Waals surface area (Å²) in [4.78, 5) is 24.2. The number of carbonyl (C=O) groups excluding carboxylic acids is 2. The summed E-state index contributed by atoms with van der Waals surface area (Å²) in [5.41, 5.74) is 0.762. The van der Waals surface area contributed by atoms with Crippen LogP contribution in [0.2, 0.25) is 5.02 Å². The molecular formula is C23H20ClF6N5O2. The normalized spacial score (nSPS) is 13.1. The second kappa shape index (κ2) is 10.7. The van der Waals surface area contributed by atoms with Crippen molar-refractivity contribution >= 4 is 40.7 Å². The van der Waals surface area contributed by atoms with Crippen molar-refractivity contribution < 1.29 is 35.9 Å². The molecule has 3 amide bonds. The Hall–Kier alpha value is -3.74. The Kier molecular flexibility index (Phi) is 8.06. The summed E-state index contributed by atoms with van der Waals surface area (Å²) in [5, 5.41) is 8.46. The van der Waals surface area contributed by atoms with E-state index in [1.165, 1.54) is 36.0 Å². The fraction of sp³-hybridized carbons (Fsp3) is 0.261. The second-order valence-corrected chi connectivity index (χ2v) is 8.13. The molecule has 3 N–H and O–H groups in total. The number of rotatable bonds is 6. The summed E-state index contributed by atoms with van der Waals surface area (Å²) in [6.45, 7) is 1.83. The van der Waals surface area contributed by atoms with E-state index < -0.39 is 41.5 Å². The minimum atomic E-state index is -5.08. The van der Waals surface area contributed by atoms with Gasteiger partial charge in [-0.15, -0.1) is 0 Å². The number of aromatic nitrogens is 1. The summed E-state index contributed by atoms with van der Waals surface area (Å²) < 4.78 is 82.1. The van der Waals surface area contributed by atoms with Crippen molar-refractivity contribution in [1.29, 1.82) is 0 Å². The Morgan fingerprint density at radius 3 is 2.41 bits per heavy atom.